The van der Waals surface area contributed by atoms with E-state index in [-0.39, 0.29) is 5.41 Å². The molecule has 0 saturated heterocycles. The fourth-order valence-electron chi connectivity index (χ4n) is 2.44. The molecule has 2 rings (SSSR count). The molecule has 0 bridgehead atoms. The van der Waals surface area contributed by atoms with Gasteiger partial charge in [0, 0.05) is 24.9 Å². The topological polar surface area (TPSA) is 73.6 Å². The maximum Gasteiger partial charge on any atom is 0.407 e. The zero-order valence-corrected chi connectivity index (χ0v) is 13.9. The molecule has 1 aliphatic rings. The molecule has 1 amide bonds. The SMILES string of the molecule is CC(C)(C)OC(=O)NCC(C)(CN)c1ccc2c(c1)CCO2. The number of amides is 1. The van der Waals surface area contributed by atoms with E-state index < -0.39 is 11.7 Å². The Morgan fingerprint density at radius 2 is 2.09 bits per heavy atom. The molecule has 122 valence electrons. The van der Waals surface area contributed by atoms with Gasteiger partial charge in [0.25, 0.3) is 0 Å². The summed E-state index contributed by atoms with van der Waals surface area (Å²) in [5.41, 5.74) is 7.44. The van der Waals surface area contributed by atoms with Crippen molar-refractivity contribution in [2.75, 3.05) is 19.7 Å². The zero-order chi connectivity index (χ0) is 16.4. The Kier molecular flexibility index (Phi) is 4.66. The van der Waals surface area contributed by atoms with E-state index in [4.69, 9.17) is 15.2 Å². The Balaban J connectivity index is 2.07. The second-order valence-electron chi connectivity index (χ2n) is 7.04. The number of rotatable bonds is 4. The van der Waals surface area contributed by atoms with E-state index in [1.165, 1.54) is 5.56 Å². The van der Waals surface area contributed by atoms with Crippen LogP contribution in [0.4, 0.5) is 4.79 Å². The van der Waals surface area contributed by atoms with Crippen molar-refractivity contribution < 1.29 is 14.3 Å². The smallest absolute Gasteiger partial charge is 0.407 e. The number of hydrogen-bond donors (Lipinski definition) is 2. The second-order valence-corrected chi connectivity index (χ2v) is 7.04. The minimum absolute atomic E-state index is 0.339. The maximum absolute atomic E-state index is 11.8. The average molecular weight is 306 g/mol. The summed E-state index contributed by atoms with van der Waals surface area (Å²) in [6, 6.07) is 6.14. The summed E-state index contributed by atoms with van der Waals surface area (Å²) in [5.74, 6) is 0.947. The van der Waals surface area contributed by atoms with Crippen LogP contribution in [0.5, 0.6) is 5.75 Å². The lowest BCUT2D eigenvalue weighted by Gasteiger charge is -2.30. The first kappa shape index (κ1) is 16.6. The van der Waals surface area contributed by atoms with E-state index in [0.29, 0.717) is 13.1 Å². The molecule has 0 fully saturated rings. The number of nitrogens with two attached hydrogens (primary N) is 1. The lowest BCUT2D eigenvalue weighted by molar-refractivity contribution is 0.0516. The van der Waals surface area contributed by atoms with Gasteiger partial charge in [-0.05, 0) is 38.0 Å². The van der Waals surface area contributed by atoms with E-state index in [0.717, 1.165) is 24.3 Å². The fraction of sp³-hybridized carbons (Fsp3) is 0.588. The Bertz CT molecular complexity index is 551. The van der Waals surface area contributed by atoms with Crippen molar-refractivity contribution in [2.24, 2.45) is 5.73 Å². The minimum atomic E-state index is -0.506. The summed E-state index contributed by atoms with van der Waals surface area (Å²) >= 11 is 0. The predicted octanol–water partition coefficient (Wildman–Crippen LogP) is 2.36. The van der Waals surface area contributed by atoms with Crippen molar-refractivity contribution in [1.29, 1.82) is 0 Å². The molecule has 1 heterocycles. The summed E-state index contributed by atoms with van der Waals surface area (Å²) in [7, 11) is 0. The summed E-state index contributed by atoms with van der Waals surface area (Å²) in [6.07, 6.45) is 0.500. The van der Waals surface area contributed by atoms with Gasteiger partial charge in [0.15, 0.2) is 0 Å². The van der Waals surface area contributed by atoms with Crippen LogP contribution in [-0.4, -0.2) is 31.4 Å². The highest BCUT2D eigenvalue weighted by atomic mass is 16.6. The van der Waals surface area contributed by atoms with Gasteiger partial charge in [0.05, 0.1) is 6.61 Å². The highest BCUT2D eigenvalue weighted by Crippen LogP contribution is 2.31. The first-order valence-electron chi connectivity index (χ1n) is 7.67. The third kappa shape index (κ3) is 3.91. The van der Waals surface area contributed by atoms with Crippen molar-refractivity contribution in [3.8, 4) is 5.75 Å². The Labute approximate surface area is 132 Å². The van der Waals surface area contributed by atoms with Crippen LogP contribution >= 0.6 is 0 Å². The number of benzene rings is 1. The van der Waals surface area contributed by atoms with Gasteiger partial charge in [0.1, 0.15) is 11.4 Å². The Hall–Kier alpha value is -1.75. The third-order valence-electron chi connectivity index (χ3n) is 3.86. The molecule has 0 aromatic heterocycles. The minimum Gasteiger partial charge on any atom is -0.493 e. The lowest BCUT2D eigenvalue weighted by atomic mass is 9.81. The molecule has 5 nitrogen and oxygen atoms in total. The van der Waals surface area contributed by atoms with Crippen LogP contribution < -0.4 is 15.8 Å². The van der Waals surface area contributed by atoms with Crippen LogP contribution in [0, 0.1) is 0 Å². The van der Waals surface area contributed by atoms with Crippen molar-refractivity contribution >= 4 is 6.09 Å². The van der Waals surface area contributed by atoms with Crippen molar-refractivity contribution in [3.05, 3.63) is 29.3 Å². The molecule has 22 heavy (non-hydrogen) atoms. The average Bonchev–Trinajstić information content (AvgIpc) is 2.90. The summed E-state index contributed by atoms with van der Waals surface area (Å²) < 4.78 is 10.8. The number of hydrogen-bond acceptors (Lipinski definition) is 4. The number of ether oxygens (including phenoxy) is 2. The number of carbonyl (C=O) groups is 1. The van der Waals surface area contributed by atoms with Gasteiger partial charge in [-0.2, -0.15) is 0 Å². The van der Waals surface area contributed by atoms with Gasteiger partial charge in [-0.3, -0.25) is 0 Å². The monoisotopic (exact) mass is 306 g/mol. The highest BCUT2D eigenvalue weighted by Gasteiger charge is 2.28. The zero-order valence-electron chi connectivity index (χ0n) is 13.9. The molecule has 5 heteroatoms. The van der Waals surface area contributed by atoms with E-state index in [1.807, 2.05) is 39.8 Å². The molecule has 1 unspecified atom stereocenters. The van der Waals surface area contributed by atoms with Crippen LogP contribution in [-0.2, 0) is 16.6 Å². The predicted molar refractivity (Wildman–Crippen MR) is 86.3 cm³/mol. The van der Waals surface area contributed by atoms with Crippen molar-refractivity contribution in [1.82, 2.24) is 5.32 Å². The largest absolute Gasteiger partial charge is 0.493 e. The molecular formula is C17H26N2O3. The van der Waals surface area contributed by atoms with Gasteiger partial charge >= 0.3 is 6.09 Å². The molecule has 1 aromatic rings. The van der Waals surface area contributed by atoms with E-state index in [2.05, 4.69) is 11.4 Å². The molecule has 0 saturated carbocycles. The van der Waals surface area contributed by atoms with Gasteiger partial charge in [-0.1, -0.05) is 19.1 Å². The molecule has 0 radical (unpaired) electrons. The molecule has 0 aliphatic carbocycles. The van der Waals surface area contributed by atoms with Gasteiger partial charge in [0.2, 0.25) is 0 Å². The third-order valence-corrected chi connectivity index (χ3v) is 3.86. The first-order chi connectivity index (χ1) is 10.2. The number of fused-ring (bicyclic) bond motifs is 1. The van der Waals surface area contributed by atoms with E-state index in [9.17, 15) is 4.79 Å². The lowest BCUT2D eigenvalue weighted by Crippen LogP contribution is -2.45. The van der Waals surface area contributed by atoms with Gasteiger partial charge < -0.3 is 20.5 Å². The van der Waals surface area contributed by atoms with Crippen LogP contribution in [0.3, 0.4) is 0 Å². The van der Waals surface area contributed by atoms with Crippen LogP contribution in [0.1, 0.15) is 38.8 Å². The van der Waals surface area contributed by atoms with E-state index >= 15 is 0 Å². The standard InChI is InChI=1S/C17H26N2O3/c1-16(2,3)22-15(20)19-11-17(4,10-18)13-5-6-14-12(9-13)7-8-21-14/h5-6,9H,7-8,10-11,18H2,1-4H3,(H,19,20). The summed E-state index contributed by atoms with van der Waals surface area (Å²) in [5, 5.41) is 2.82. The highest BCUT2D eigenvalue weighted by molar-refractivity contribution is 5.67. The summed E-state index contributed by atoms with van der Waals surface area (Å²) in [4.78, 5) is 11.8. The van der Waals surface area contributed by atoms with Gasteiger partial charge in [-0.25, -0.2) is 4.79 Å². The second kappa shape index (κ2) is 6.16. The molecule has 3 N–H and O–H groups in total. The normalized spacial score (nSPS) is 16.4. The number of alkyl carbamates (subject to hydrolysis) is 1. The Morgan fingerprint density at radius 3 is 2.73 bits per heavy atom. The number of nitrogens with one attached hydrogen (secondary N) is 1. The molecule has 1 aromatic carbocycles. The van der Waals surface area contributed by atoms with E-state index in [1.54, 1.807) is 0 Å². The molecule has 1 aliphatic heterocycles. The summed E-state index contributed by atoms with van der Waals surface area (Å²) in [6.45, 7) is 9.16. The van der Waals surface area contributed by atoms with Crippen molar-refractivity contribution in [3.63, 3.8) is 0 Å². The van der Waals surface area contributed by atoms with Crippen LogP contribution in [0.25, 0.3) is 0 Å². The first-order valence-corrected chi connectivity index (χ1v) is 7.67. The fourth-order valence-corrected chi connectivity index (χ4v) is 2.44. The van der Waals surface area contributed by atoms with Crippen LogP contribution in [0.15, 0.2) is 18.2 Å². The molecule has 1 atom stereocenters. The quantitative estimate of drug-likeness (QED) is 0.895. The van der Waals surface area contributed by atoms with Crippen molar-refractivity contribution in [2.45, 2.75) is 45.1 Å². The number of carbonyl (C=O) groups excluding carboxylic acids is 1. The molecule has 0 spiro atoms. The maximum atomic E-state index is 11.8. The molecular weight excluding hydrogens is 280 g/mol. The Morgan fingerprint density at radius 1 is 1.36 bits per heavy atom. The van der Waals surface area contributed by atoms with Gasteiger partial charge in [-0.15, -0.1) is 0 Å². The van der Waals surface area contributed by atoms with Crippen LogP contribution in [0.2, 0.25) is 0 Å².